The fourth-order valence-corrected chi connectivity index (χ4v) is 3.25. The molecule has 6 nitrogen and oxygen atoms in total. The highest BCUT2D eigenvalue weighted by Gasteiger charge is 2.07. The van der Waals surface area contributed by atoms with Gasteiger partial charge in [0.2, 0.25) is 0 Å². The van der Waals surface area contributed by atoms with E-state index in [2.05, 4.69) is 38.7 Å². The van der Waals surface area contributed by atoms with Gasteiger partial charge >= 0.3 is 0 Å². The van der Waals surface area contributed by atoms with Crippen molar-refractivity contribution in [3.8, 4) is 16.9 Å². The topological polar surface area (TPSA) is 83.1 Å². The van der Waals surface area contributed by atoms with E-state index < -0.39 is 0 Å². The number of aromatic amines is 1. The summed E-state index contributed by atoms with van der Waals surface area (Å²) in [5.74, 6) is 1.52. The number of ether oxygens (including phenoxy) is 1. The summed E-state index contributed by atoms with van der Waals surface area (Å²) in [6.07, 6.45) is 5.63. The van der Waals surface area contributed by atoms with Gasteiger partial charge in [-0.05, 0) is 54.6 Å². The summed E-state index contributed by atoms with van der Waals surface area (Å²) >= 11 is 0. The Kier molecular flexibility index (Phi) is 5.44. The van der Waals surface area contributed by atoms with E-state index in [1.807, 2.05) is 56.7 Å². The van der Waals surface area contributed by atoms with Gasteiger partial charge in [0, 0.05) is 35.5 Å². The van der Waals surface area contributed by atoms with E-state index in [4.69, 9.17) is 4.74 Å². The Morgan fingerprint density at radius 1 is 1.03 bits per heavy atom. The number of nitrogens with one attached hydrogen (secondary N) is 2. The lowest BCUT2D eigenvalue weighted by molar-refractivity contribution is 0.225. The minimum atomic E-state index is -0.0547. The molecule has 0 fully saturated rings. The number of aromatic nitrogens is 3. The number of hydrogen-bond acceptors (Lipinski definition) is 5. The summed E-state index contributed by atoms with van der Waals surface area (Å²) in [5, 5.41) is 22.1. The van der Waals surface area contributed by atoms with Crippen LogP contribution in [0.3, 0.4) is 0 Å². The van der Waals surface area contributed by atoms with Crippen LogP contribution in [-0.4, -0.2) is 26.4 Å². The van der Waals surface area contributed by atoms with Gasteiger partial charge in [-0.3, -0.25) is 5.10 Å². The van der Waals surface area contributed by atoms with Crippen LogP contribution in [-0.2, 0) is 13.2 Å². The molecule has 2 aromatic heterocycles. The van der Waals surface area contributed by atoms with Crippen LogP contribution in [0.1, 0.15) is 25.0 Å². The van der Waals surface area contributed by atoms with Gasteiger partial charge in [-0.25, -0.2) is 4.98 Å². The van der Waals surface area contributed by atoms with E-state index in [0.717, 1.165) is 44.6 Å². The van der Waals surface area contributed by atoms with Crippen molar-refractivity contribution in [3.63, 3.8) is 0 Å². The van der Waals surface area contributed by atoms with Crippen molar-refractivity contribution in [2.75, 3.05) is 5.32 Å². The van der Waals surface area contributed by atoms with Gasteiger partial charge in [0.15, 0.2) is 0 Å². The fraction of sp³-hybridized carbons (Fsp3) is 0.217. The molecule has 4 aromatic rings. The summed E-state index contributed by atoms with van der Waals surface area (Å²) in [7, 11) is 0. The average molecular weight is 388 g/mol. The quantitative estimate of drug-likeness (QED) is 0.434. The highest BCUT2D eigenvalue weighted by Crippen LogP contribution is 2.25. The van der Waals surface area contributed by atoms with Crippen molar-refractivity contribution in [1.82, 2.24) is 15.2 Å². The Bertz CT molecular complexity index is 1110. The largest absolute Gasteiger partial charge is 0.491 e. The molecule has 148 valence electrons. The Morgan fingerprint density at radius 3 is 2.69 bits per heavy atom. The molecule has 0 spiro atoms. The first-order valence-electron chi connectivity index (χ1n) is 9.64. The van der Waals surface area contributed by atoms with Crippen LogP contribution in [0.25, 0.3) is 21.9 Å². The lowest BCUT2D eigenvalue weighted by Crippen LogP contribution is -2.08. The Hall–Kier alpha value is -3.38. The minimum Gasteiger partial charge on any atom is -0.491 e. The number of H-pyrrole nitrogens is 1. The van der Waals surface area contributed by atoms with Crippen molar-refractivity contribution < 1.29 is 9.84 Å². The lowest BCUT2D eigenvalue weighted by atomic mass is 10.1. The zero-order valence-electron chi connectivity index (χ0n) is 16.5. The molecule has 0 radical (unpaired) electrons. The van der Waals surface area contributed by atoms with E-state index in [-0.39, 0.29) is 12.7 Å². The van der Waals surface area contributed by atoms with Crippen molar-refractivity contribution in [3.05, 3.63) is 72.2 Å². The van der Waals surface area contributed by atoms with Crippen LogP contribution in [0.4, 0.5) is 5.82 Å². The highest BCUT2D eigenvalue weighted by molar-refractivity contribution is 5.88. The number of benzene rings is 2. The molecule has 0 atom stereocenters. The summed E-state index contributed by atoms with van der Waals surface area (Å²) in [6.45, 7) is 4.50. The number of rotatable bonds is 7. The summed E-state index contributed by atoms with van der Waals surface area (Å²) in [4.78, 5) is 4.51. The number of pyridine rings is 1. The molecule has 4 rings (SSSR count). The van der Waals surface area contributed by atoms with Crippen LogP contribution in [0.2, 0.25) is 0 Å². The number of aliphatic hydroxyl groups is 1. The second-order valence-corrected chi connectivity index (χ2v) is 7.24. The van der Waals surface area contributed by atoms with Crippen molar-refractivity contribution >= 4 is 16.6 Å². The molecule has 0 aliphatic rings. The Morgan fingerprint density at radius 2 is 1.93 bits per heavy atom. The van der Waals surface area contributed by atoms with Gasteiger partial charge in [-0.2, -0.15) is 5.10 Å². The molecule has 3 N–H and O–H groups in total. The van der Waals surface area contributed by atoms with Crippen LogP contribution >= 0.6 is 0 Å². The molecule has 0 bridgehead atoms. The van der Waals surface area contributed by atoms with Crippen LogP contribution in [0, 0.1) is 0 Å². The summed E-state index contributed by atoms with van der Waals surface area (Å²) in [6, 6.07) is 14.2. The molecule has 29 heavy (non-hydrogen) atoms. The van der Waals surface area contributed by atoms with Gasteiger partial charge in [0.05, 0.1) is 18.9 Å². The first-order chi connectivity index (χ1) is 14.1. The predicted octanol–water partition coefficient (Wildman–Crippen LogP) is 4.52. The maximum Gasteiger partial charge on any atom is 0.126 e. The predicted molar refractivity (Wildman–Crippen MR) is 115 cm³/mol. The molecule has 0 unspecified atom stereocenters. The molecular weight excluding hydrogens is 364 g/mol. The maximum atomic E-state index is 9.64. The zero-order chi connectivity index (χ0) is 20.2. The lowest BCUT2D eigenvalue weighted by Gasteiger charge is -2.15. The van der Waals surface area contributed by atoms with E-state index >= 15 is 0 Å². The average Bonchev–Trinajstić information content (AvgIpc) is 3.27. The fourth-order valence-electron chi connectivity index (χ4n) is 3.25. The first-order valence-corrected chi connectivity index (χ1v) is 9.64. The van der Waals surface area contributed by atoms with Gasteiger partial charge in [-0.15, -0.1) is 0 Å². The molecule has 0 saturated carbocycles. The van der Waals surface area contributed by atoms with E-state index in [1.165, 1.54) is 0 Å². The van der Waals surface area contributed by atoms with Gasteiger partial charge in [0.1, 0.15) is 11.6 Å². The Labute approximate surface area is 169 Å². The standard InChI is InChI=1S/C23H24N4O2/c1-15(2)29-22-6-3-16(7-20(22)14-28)10-24-23-9-19-8-17(21-12-26-27-13-21)4-5-18(19)11-25-23/h3-9,11-13,15,28H,10,14H2,1-2H3,(H,24,25)(H,26,27). The molecule has 0 aliphatic heterocycles. The molecule has 0 saturated heterocycles. The summed E-state index contributed by atoms with van der Waals surface area (Å²) in [5.41, 5.74) is 4.00. The monoisotopic (exact) mass is 388 g/mol. The van der Waals surface area contributed by atoms with Crippen LogP contribution in [0.15, 0.2) is 61.1 Å². The molecule has 0 aliphatic carbocycles. The zero-order valence-corrected chi connectivity index (χ0v) is 16.5. The first kappa shape index (κ1) is 19.0. The smallest absolute Gasteiger partial charge is 0.126 e. The number of nitrogens with zero attached hydrogens (tertiary/aromatic N) is 2. The summed E-state index contributed by atoms with van der Waals surface area (Å²) < 4.78 is 5.74. The Balaban J connectivity index is 1.52. The second-order valence-electron chi connectivity index (χ2n) is 7.24. The molecule has 2 aromatic carbocycles. The number of anilines is 1. The van der Waals surface area contributed by atoms with Crippen molar-refractivity contribution in [2.24, 2.45) is 0 Å². The third kappa shape index (κ3) is 4.38. The molecule has 6 heteroatoms. The highest BCUT2D eigenvalue weighted by atomic mass is 16.5. The van der Waals surface area contributed by atoms with E-state index in [1.54, 1.807) is 0 Å². The minimum absolute atomic E-state index is 0.0547. The molecular formula is C23H24N4O2. The second kappa shape index (κ2) is 8.32. The van der Waals surface area contributed by atoms with Crippen molar-refractivity contribution in [1.29, 1.82) is 0 Å². The van der Waals surface area contributed by atoms with Crippen LogP contribution in [0.5, 0.6) is 5.75 Å². The van der Waals surface area contributed by atoms with Crippen molar-refractivity contribution in [2.45, 2.75) is 33.1 Å². The SMILES string of the molecule is CC(C)Oc1ccc(CNc2cc3cc(-c4cn[nH]c4)ccc3cn2)cc1CO. The van der Waals surface area contributed by atoms with Gasteiger partial charge in [-0.1, -0.05) is 18.2 Å². The number of fused-ring (bicyclic) bond motifs is 1. The van der Waals surface area contributed by atoms with Crippen LogP contribution < -0.4 is 10.1 Å². The third-order valence-corrected chi connectivity index (χ3v) is 4.68. The number of aliphatic hydroxyl groups excluding tert-OH is 1. The van der Waals surface area contributed by atoms with E-state index in [0.29, 0.717) is 6.54 Å². The maximum absolute atomic E-state index is 9.64. The van der Waals surface area contributed by atoms with Gasteiger partial charge < -0.3 is 15.2 Å². The normalized spacial score (nSPS) is 11.2. The van der Waals surface area contributed by atoms with E-state index in [9.17, 15) is 5.11 Å². The third-order valence-electron chi connectivity index (χ3n) is 4.68. The molecule has 0 amide bonds. The number of hydrogen-bond donors (Lipinski definition) is 3. The molecule has 2 heterocycles. The van der Waals surface area contributed by atoms with Gasteiger partial charge in [0.25, 0.3) is 0 Å².